The number of benzene rings is 1. The summed E-state index contributed by atoms with van der Waals surface area (Å²) in [6.07, 6.45) is -4.39. The van der Waals surface area contributed by atoms with Crippen molar-refractivity contribution in [2.24, 2.45) is 0 Å². The number of morpholine rings is 1. The summed E-state index contributed by atoms with van der Waals surface area (Å²) in [5.41, 5.74) is -1.42. The van der Waals surface area contributed by atoms with Crippen LogP contribution in [-0.2, 0) is 21.2 Å². The molecule has 1 aliphatic heterocycles. The molecule has 0 radical (unpaired) electrons. The lowest BCUT2D eigenvalue weighted by molar-refractivity contribution is -0.140. The van der Waals surface area contributed by atoms with Crippen molar-refractivity contribution >= 4 is 0 Å². The Morgan fingerprint density at radius 1 is 1.37 bits per heavy atom. The van der Waals surface area contributed by atoms with Crippen LogP contribution >= 0.6 is 0 Å². The molecule has 1 unspecified atom stereocenters. The standard InChI is InChI=1S/C13H16F3NO2/c1-18-8-12(9-19-7-6-17-12)10-4-2-3-5-11(10)13(14,15)16/h2-5,17H,6-9H2,1H3. The van der Waals surface area contributed by atoms with Gasteiger partial charge < -0.3 is 14.8 Å². The van der Waals surface area contributed by atoms with Gasteiger partial charge in [-0.15, -0.1) is 0 Å². The normalized spacial score (nSPS) is 24.4. The first kappa shape index (κ1) is 14.3. The van der Waals surface area contributed by atoms with Gasteiger partial charge in [0.15, 0.2) is 0 Å². The van der Waals surface area contributed by atoms with Crippen LogP contribution in [0.1, 0.15) is 11.1 Å². The van der Waals surface area contributed by atoms with E-state index in [1.54, 1.807) is 6.07 Å². The van der Waals surface area contributed by atoms with Gasteiger partial charge in [0.1, 0.15) is 0 Å². The van der Waals surface area contributed by atoms with Gasteiger partial charge in [0.05, 0.1) is 30.9 Å². The molecular formula is C13H16F3NO2. The molecule has 1 saturated heterocycles. The molecule has 2 rings (SSSR count). The van der Waals surface area contributed by atoms with Gasteiger partial charge in [-0.2, -0.15) is 13.2 Å². The van der Waals surface area contributed by atoms with Gasteiger partial charge in [0.2, 0.25) is 0 Å². The van der Waals surface area contributed by atoms with Gasteiger partial charge in [-0.05, 0) is 11.6 Å². The van der Waals surface area contributed by atoms with Gasteiger partial charge in [-0.1, -0.05) is 18.2 Å². The summed E-state index contributed by atoms with van der Waals surface area (Å²) in [6, 6.07) is 5.54. The predicted octanol–water partition coefficient (Wildman–Crippen LogP) is 2.17. The molecule has 106 valence electrons. The molecule has 1 aromatic carbocycles. The second-order valence-corrected chi connectivity index (χ2v) is 4.54. The zero-order valence-electron chi connectivity index (χ0n) is 10.6. The van der Waals surface area contributed by atoms with Crippen molar-refractivity contribution in [3.8, 4) is 0 Å². The lowest BCUT2D eigenvalue weighted by atomic mass is 9.86. The van der Waals surface area contributed by atoms with Gasteiger partial charge in [0.25, 0.3) is 0 Å². The van der Waals surface area contributed by atoms with Crippen LogP contribution in [0.2, 0.25) is 0 Å². The van der Waals surface area contributed by atoms with Crippen LogP contribution in [0.5, 0.6) is 0 Å². The minimum Gasteiger partial charge on any atom is -0.382 e. The smallest absolute Gasteiger partial charge is 0.382 e. The second kappa shape index (κ2) is 5.48. The van der Waals surface area contributed by atoms with E-state index in [-0.39, 0.29) is 18.8 Å². The molecule has 1 fully saturated rings. The van der Waals surface area contributed by atoms with Crippen molar-refractivity contribution < 1.29 is 22.6 Å². The lowest BCUT2D eigenvalue weighted by Gasteiger charge is -2.39. The van der Waals surface area contributed by atoms with E-state index in [0.29, 0.717) is 13.2 Å². The predicted molar refractivity (Wildman–Crippen MR) is 63.8 cm³/mol. The molecule has 0 aliphatic carbocycles. The first-order valence-electron chi connectivity index (χ1n) is 5.98. The van der Waals surface area contributed by atoms with E-state index in [1.165, 1.54) is 19.2 Å². The molecule has 0 spiro atoms. The fourth-order valence-electron chi connectivity index (χ4n) is 2.40. The SMILES string of the molecule is COCC1(c2ccccc2C(F)(F)F)COCCN1. The number of methoxy groups -OCH3 is 1. The Labute approximate surface area is 109 Å². The molecule has 1 heterocycles. The summed E-state index contributed by atoms with van der Waals surface area (Å²) in [4.78, 5) is 0. The highest BCUT2D eigenvalue weighted by Gasteiger charge is 2.42. The van der Waals surface area contributed by atoms with Crippen LogP contribution in [0, 0.1) is 0 Å². The molecule has 19 heavy (non-hydrogen) atoms. The zero-order chi connectivity index (χ0) is 13.9. The quantitative estimate of drug-likeness (QED) is 0.917. The highest BCUT2D eigenvalue weighted by Crippen LogP contribution is 2.37. The Morgan fingerprint density at radius 3 is 2.68 bits per heavy atom. The summed E-state index contributed by atoms with van der Waals surface area (Å²) >= 11 is 0. The van der Waals surface area contributed by atoms with Crippen molar-refractivity contribution in [3.63, 3.8) is 0 Å². The van der Waals surface area contributed by atoms with Crippen LogP contribution in [0.3, 0.4) is 0 Å². The van der Waals surface area contributed by atoms with Crippen molar-refractivity contribution in [1.29, 1.82) is 0 Å². The Hall–Kier alpha value is -1.11. The minimum atomic E-state index is -4.39. The number of alkyl halides is 3. The first-order valence-corrected chi connectivity index (χ1v) is 5.98. The van der Waals surface area contributed by atoms with Crippen molar-refractivity contribution in [2.45, 2.75) is 11.7 Å². The van der Waals surface area contributed by atoms with E-state index < -0.39 is 17.3 Å². The van der Waals surface area contributed by atoms with E-state index in [9.17, 15) is 13.2 Å². The highest BCUT2D eigenvalue weighted by molar-refractivity contribution is 5.36. The Bertz CT molecular complexity index is 423. The molecular weight excluding hydrogens is 259 g/mol. The van der Waals surface area contributed by atoms with E-state index >= 15 is 0 Å². The van der Waals surface area contributed by atoms with Gasteiger partial charge >= 0.3 is 6.18 Å². The Balaban J connectivity index is 2.47. The third-order valence-electron chi connectivity index (χ3n) is 3.20. The summed E-state index contributed by atoms with van der Waals surface area (Å²) in [5, 5.41) is 3.11. The third kappa shape index (κ3) is 2.91. The monoisotopic (exact) mass is 275 g/mol. The number of hydrogen-bond acceptors (Lipinski definition) is 3. The molecule has 1 atom stereocenters. The average Bonchev–Trinajstić information content (AvgIpc) is 2.39. The maximum atomic E-state index is 13.1. The molecule has 3 nitrogen and oxygen atoms in total. The zero-order valence-corrected chi connectivity index (χ0v) is 10.6. The second-order valence-electron chi connectivity index (χ2n) is 4.54. The molecule has 0 saturated carbocycles. The molecule has 0 aromatic heterocycles. The van der Waals surface area contributed by atoms with Crippen LogP contribution in [0.15, 0.2) is 24.3 Å². The lowest BCUT2D eigenvalue weighted by Crippen LogP contribution is -2.55. The molecule has 6 heteroatoms. The van der Waals surface area contributed by atoms with Gasteiger partial charge in [0, 0.05) is 13.7 Å². The largest absolute Gasteiger partial charge is 0.416 e. The van der Waals surface area contributed by atoms with Crippen LogP contribution in [0.4, 0.5) is 13.2 Å². The average molecular weight is 275 g/mol. The summed E-state index contributed by atoms with van der Waals surface area (Å²) in [5.74, 6) is 0. The van der Waals surface area contributed by atoms with E-state index in [1.807, 2.05) is 0 Å². The molecule has 1 N–H and O–H groups in total. The van der Waals surface area contributed by atoms with Crippen LogP contribution in [-0.4, -0.2) is 33.5 Å². The summed E-state index contributed by atoms with van der Waals surface area (Å²) in [6.45, 7) is 1.27. The maximum Gasteiger partial charge on any atom is 0.416 e. The van der Waals surface area contributed by atoms with Crippen LogP contribution in [0.25, 0.3) is 0 Å². The number of hydrogen-bond donors (Lipinski definition) is 1. The molecule has 0 amide bonds. The minimum absolute atomic E-state index is 0.125. The fraction of sp³-hybridized carbons (Fsp3) is 0.538. The van der Waals surface area contributed by atoms with Crippen LogP contribution < -0.4 is 5.32 Å². The number of ether oxygens (including phenoxy) is 2. The molecule has 1 aromatic rings. The van der Waals surface area contributed by atoms with Crippen molar-refractivity contribution in [2.75, 3.05) is 33.5 Å². The third-order valence-corrected chi connectivity index (χ3v) is 3.20. The van der Waals surface area contributed by atoms with E-state index in [4.69, 9.17) is 9.47 Å². The first-order chi connectivity index (χ1) is 8.99. The maximum absolute atomic E-state index is 13.1. The molecule has 0 bridgehead atoms. The summed E-state index contributed by atoms with van der Waals surface area (Å²) in [7, 11) is 1.47. The van der Waals surface area contributed by atoms with Crippen molar-refractivity contribution in [3.05, 3.63) is 35.4 Å². The number of rotatable bonds is 3. The van der Waals surface area contributed by atoms with Gasteiger partial charge in [-0.25, -0.2) is 0 Å². The Morgan fingerprint density at radius 2 is 2.11 bits per heavy atom. The van der Waals surface area contributed by atoms with Crippen molar-refractivity contribution in [1.82, 2.24) is 5.32 Å². The van der Waals surface area contributed by atoms with E-state index in [0.717, 1.165) is 6.07 Å². The topological polar surface area (TPSA) is 30.5 Å². The highest BCUT2D eigenvalue weighted by atomic mass is 19.4. The number of halogens is 3. The van der Waals surface area contributed by atoms with E-state index in [2.05, 4.69) is 5.32 Å². The Kier molecular flexibility index (Phi) is 4.13. The summed E-state index contributed by atoms with van der Waals surface area (Å²) < 4.78 is 49.8. The van der Waals surface area contributed by atoms with Gasteiger partial charge in [-0.3, -0.25) is 0 Å². The molecule has 1 aliphatic rings. The fourth-order valence-corrected chi connectivity index (χ4v) is 2.40. The number of nitrogens with one attached hydrogen (secondary N) is 1.